The molecule has 0 bridgehead atoms. The van der Waals surface area contributed by atoms with Crippen molar-refractivity contribution in [2.45, 2.75) is 38.6 Å². The summed E-state index contributed by atoms with van der Waals surface area (Å²) in [4.78, 5) is 14.0. The monoisotopic (exact) mass is 276 g/mol. The molecule has 0 spiro atoms. The number of nitrogens with one attached hydrogen (secondary N) is 1. The number of fused-ring (bicyclic) bond motifs is 1. The molecule has 0 saturated heterocycles. The summed E-state index contributed by atoms with van der Waals surface area (Å²) in [6, 6.07) is 8.48. The molecule has 2 rings (SSSR count). The van der Waals surface area contributed by atoms with Crippen LogP contribution >= 0.6 is 0 Å². The highest BCUT2D eigenvalue weighted by atomic mass is 16.3. The number of amides is 2. The minimum Gasteiger partial charge on any atom is -0.395 e. The molecule has 0 atom stereocenters. The van der Waals surface area contributed by atoms with E-state index in [-0.39, 0.29) is 18.7 Å². The number of nitrogens with zero attached hydrogens (tertiary/aromatic N) is 1. The quantitative estimate of drug-likeness (QED) is 0.834. The fourth-order valence-corrected chi connectivity index (χ4v) is 2.71. The molecule has 110 valence electrons. The van der Waals surface area contributed by atoms with E-state index >= 15 is 0 Å². The number of urea groups is 1. The fraction of sp³-hybridized carbons (Fsp3) is 0.562. The molecule has 4 heteroatoms. The first-order chi connectivity index (χ1) is 9.74. The van der Waals surface area contributed by atoms with Gasteiger partial charge >= 0.3 is 6.03 Å². The van der Waals surface area contributed by atoms with Gasteiger partial charge in [0.2, 0.25) is 0 Å². The maximum Gasteiger partial charge on any atom is 0.317 e. The number of hydrogen-bond acceptors (Lipinski definition) is 2. The van der Waals surface area contributed by atoms with Crippen molar-refractivity contribution in [3.05, 3.63) is 35.4 Å². The van der Waals surface area contributed by atoms with Crippen molar-refractivity contribution in [1.29, 1.82) is 0 Å². The number of rotatable bonds is 6. The molecule has 0 radical (unpaired) electrons. The molecule has 1 aliphatic carbocycles. The van der Waals surface area contributed by atoms with E-state index < -0.39 is 0 Å². The Morgan fingerprint density at radius 2 is 1.95 bits per heavy atom. The molecular weight excluding hydrogens is 252 g/mol. The van der Waals surface area contributed by atoms with Gasteiger partial charge in [-0.25, -0.2) is 4.79 Å². The molecule has 0 saturated carbocycles. The van der Waals surface area contributed by atoms with E-state index in [9.17, 15) is 4.79 Å². The lowest BCUT2D eigenvalue weighted by molar-refractivity contribution is 0.173. The van der Waals surface area contributed by atoms with Gasteiger partial charge in [0, 0.05) is 19.1 Å². The van der Waals surface area contributed by atoms with E-state index in [0.29, 0.717) is 13.1 Å². The van der Waals surface area contributed by atoms with Crippen LogP contribution in [0.25, 0.3) is 0 Å². The third-order valence-electron chi connectivity index (χ3n) is 3.82. The highest BCUT2D eigenvalue weighted by molar-refractivity contribution is 5.74. The number of hydrogen-bond donors (Lipinski definition) is 2. The summed E-state index contributed by atoms with van der Waals surface area (Å²) in [6.45, 7) is 3.23. The van der Waals surface area contributed by atoms with E-state index in [1.165, 1.54) is 11.1 Å². The second kappa shape index (κ2) is 7.29. The first-order valence-corrected chi connectivity index (χ1v) is 7.47. The smallest absolute Gasteiger partial charge is 0.317 e. The van der Waals surface area contributed by atoms with Gasteiger partial charge in [-0.05, 0) is 30.4 Å². The van der Waals surface area contributed by atoms with E-state index in [2.05, 4.69) is 24.4 Å². The van der Waals surface area contributed by atoms with Crippen LogP contribution in [0.2, 0.25) is 0 Å². The summed E-state index contributed by atoms with van der Waals surface area (Å²) < 4.78 is 0. The summed E-state index contributed by atoms with van der Waals surface area (Å²) in [5, 5.41) is 12.2. The second-order valence-corrected chi connectivity index (χ2v) is 5.39. The standard InChI is InChI=1S/C16H24N2O2/c1-2-3-8-18(9-10-19)16(20)17-15-11-13-6-4-5-7-14(13)12-15/h4-7,15,19H,2-3,8-12H2,1H3,(H,17,20). The molecule has 0 unspecified atom stereocenters. The highest BCUT2D eigenvalue weighted by Gasteiger charge is 2.24. The molecule has 4 nitrogen and oxygen atoms in total. The van der Waals surface area contributed by atoms with Crippen LogP contribution in [0.3, 0.4) is 0 Å². The van der Waals surface area contributed by atoms with Gasteiger partial charge in [0.05, 0.1) is 6.61 Å². The summed E-state index contributed by atoms with van der Waals surface area (Å²) >= 11 is 0. The van der Waals surface area contributed by atoms with Crippen LogP contribution in [0, 0.1) is 0 Å². The lowest BCUT2D eigenvalue weighted by atomic mass is 10.1. The topological polar surface area (TPSA) is 52.6 Å². The number of aliphatic hydroxyl groups is 1. The van der Waals surface area contributed by atoms with Gasteiger partial charge < -0.3 is 15.3 Å². The minimum absolute atomic E-state index is 0.0159. The lowest BCUT2D eigenvalue weighted by Gasteiger charge is -2.24. The Balaban J connectivity index is 1.88. The fourth-order valence-electron chi connectivity index (χ4n) is 2.71. The molecule has 20 heavy (non-hydrogen) atoms. The second-order valence-electron chi connectivity index (χ2n) is 5.39. The largest absolute Gasteiger partial charge is 0.395 e. The molecule has 2 amide bonds. The Hall–Kier alpha value is -1.55. The van der Waals surface area contributed by atoms with Crippen LogP contribution in [-0.4, -0.2) is 41.8 Å². The minimum atomic E-state index is -0.0506. The van der Waals surface area contributed by atoms with Gasteiger partial charge in [0.15, 0.2) is 0 Å². The first kappa shape index (κ1) is 14.9. The molecular formula is C16H24N2O2. The number of carbonyl (C=O) groups excluding carboxylic acids is 1. The zero-order valence-corrected chi connectivity index (χ0v) is 12.1. The van der Waals surface area contributed by atoms with Gasteiger partial charge in [0.1, 0.15) is 0 Å². The summed E-state index contributed by atoms with van der Waals surface area (Å²) in [5.74, 6) is 0. The molecule has 2 N–H and O–H groups in total. The van der Waals surface area contributed by atoms with Crippen molar-refractivity contribution in [3.8, 4) is 0 Å². The van der Waals surface area contributed by atoms with Gasteiger partial charge in [0.25, 0.3) is 0 Å². The highest BCUT2D eigenvalue weighted by Crippen LogP contribution is 2.21. The Labute approximate surface area is 120 Å². The normalized spacial score (nSPS) is 14.1. The molecule has 1 aliphatic rings. The molecule has 1 aromatic rings. The van der Waals surface area contributed by atoms with Gasteiger partial charge in [-0.1, -0.05) is 37.6 Å². The Morgan fingerprint density at radius 1 is 1.30 bits per heavy atom. The average molecular weight is 276 g/mol. The predicted octanol–water partition coefficient (Wildman–Crippen LogP) is 1.96. The third-order valence-corrected chi connectivity index (χ3v) is 3.82. The van der Waals surface area contributed by atoms with E-state index in [0.717, 1.165) is 25.7 Å². The Bertz CT molecular complexity index is 423. The Kier molecular flexibility index (Phi) is 5.41. The van der Waals surface area contributed by atoms with Crippen molar-refractivity contribution >= 4 is 6.03 Å². The summed E-state index contributed by atoms with van der Waals surface area (Å²) in [6.07, 6.45) is 3.83. The number of carbonyl (C=O) groups is 1. The molecule has 0 fully saturated rings. The van der Waals surface area contributed by atoms with E-state index in [1.807, 2.05) is 12.1 Å². The maximum atomic E-state index is 12.2. The van der Waals surface area contributed by atoms with Crippen LogP contribution in [0.1, 0.15) is 30.9 Å². The first-order valence-electron chi connectivity index (χ1n) is 7.47. The number of unbranched alkanes of at least 4 members (excludes halogenated alkanes) is 1. The maximum absolute atomic E-state index is 12.2. The van der Waals surface area contributed by atoms with Crippen LogP contribution in [0.15, 0.2) is 24.3 Å². The van der Waals surface area contributed by atoms with Crippen molar-refractivity contribution < 1.29 is 9.90 Å². The van der Waals surface area contributed by atoms with E-state index in [1.54, 1.807) is 4.90 Å². The predicted molar refractivity (Wildman–Crippen MR) is 79.7 cm³/mol. The molecule has 0 aliphatic heterocycles. The molecule has 0 aromatic heterocycles. The Morgan fingerprint density at radius 3 is 2.50 bits per heavy atom. The van der Waals surface area contributed by atoms with Crippen LogP contribution in [-0.2, 0) is 12.8 Å². The van der Waals surface area contributed by atoms with Gasteiger partial charge in [-0.3, -0.25) is 0 Å². The van der Waals surface area contributed by atoms with Crippen molar-refractivity contribution in [1.82, 2.24) is 10.2 Å². The SMILES string of the molecule is CCCCN(CCO)C(=O)NC1Cc2ccccc2C1. The number of aliphatic hydroxyl groups excluding tert-OH is 1. The average Bonchev–Trinajstić information content (AvgIpc) is 2.85. The molecule has 1 aromatic carbocycles. The zero-order chi connectivity index (χ0) is 14.4. The zero-order valence-electron chi connectivity index (χ0n) is 12.1. The van der Waals surface area contributed by atoms with Gasteiger partial charge in [-0.2, -0.15) is 0 Å². The van der Waals surface area contributed by atoms with Crippen LogP contribution in [0.5, 0.6) is 0 Å². The third kappa shape index (κ3) is 3.73. The van der Waals surface area contributed by atoms with Crippen LogP contribution in [0.4, 0.5) is 4.79 Å². The van der Waals surface area contributed by atoms with Crippen LogP contribution < -0.4 is 5.32 Å². The lowest BCUT2D eigenvalue weighted by Crippen LogP contribution is -2.46. The van der Waals surface area contributed by atoms with Crippen molar-refractivity contribution in [2.75, 3.05) is 19.7 Å². The summed E-state index contributed by atoms with van der Waals surface area (Å²) in [5.41, 5.74) is 2.67. The number of benzene rings is 1. The summed E-state index contributed by atoms with van der Waals surface area (Å²) in [7, 11) is 0. The van der Waals surface area contributed by atoms with Crippen molar-refractivity contribution in [3.63, 3.8) is 0 Å². The van der Waals surface area contributed by atoms with Crippen molar-refractivity contribution in [2.24, 2.45) is 0 Å². The molecule has 0 heterocycles. The van der Waals surface area contributed by atoms with E-state index in [4.69, 9.17) is 5.11 Å². The van der Waals surface area contributed by atoms with Gasteiger partial charge in [-0.15, -0.1) is 0 Å².